The van der Waals surface area contributed by atoms with Crippen LogP contribution in [0.3, 0.4) is 0 Å². The van der Waals surface area contributed by atoms with Crippen molar-refractivity contribution < 1.29 is 4.74 Å². The molecule has 2 rings (SSSR count). The Morgan fingerprint density at radius 3 is 2.35 bits per heavy atom. The number of hydrogen-bond donors (Lipinski definition) is 1. The van der Waals surface area contributed by atoms with E-state index in [1.807, 2.05) is 0 Å². The van der Waals surface area contributed by atoms with Crippen molar-refractivity contribution in [2.24, 2.45) is 17.3 Å². The van der Waals surface area contributed by atoms with Gasteiger partial charge in [-0.3, -0.25) is 0 Å². The van der Waals surface area contributed by atoms with E-state index in [-0.39, 0.29) is 0 Å². The zero-order valence-corrected chi connectivity index (χ0v) is 12.0. The van der Waals surface area contributed by atoms with Crippen LogP contribution in [-0.4, -0.2) is 25.3 Å². The van der Waals surface area contributed by atoms with Gasteiger partial charge in [-0.25, -0.2) is 0 Å². The molecule has 3 unspecified atom stereocenters. The van der Waals surface area contributed by atoms with E-state index in [1.54, 1.807) is 0 Å². The van der Waals surface area contributed by atoms with Crippen molar-refractivity contribution >= 4 is 0 Å². The Kier molecular flexibility index (Phi) is 4.14. The summed E-state index contributed by atoms with van der Waals surface area (Å²) in [5, 5.41) is 3.90. The van der Waals surface area contributed by atoms with Gasteiger partial charge in [-0.1, -0.05) is 20.8 Å². The van der Waals surface area contributed by atoms with Crippen LogP contribution < -0.4 is 5.32 Å². The molecule has 2 fully saturated rings. The van der Waals surface area contributed by atoms with Gasteiger partial charge in [0.15, 0.2) is 0 Å². The van der Waals surface area contributed by atoms with Crippen molar-refractivity contribution in [3.63, 3.8) is 0 Å². The Labute approximate surface area is 107 Å². The van der Waals surface area contributed by atoms with E-state index >= 15 is 0 Å². The van der Waals surface area contributed by atoms with Crippen LogP contribution in [0.15, 0.2) is 0 Å². The van der Waals surface area contributed by atoms with Crippen LogP contribution in [0, 0.1) is 17.3 Å². The molecule has 1 N–H and O–H groups in total. The molecule has 0 bridgehead atoms. The van der Waals surface area contributed by atoms with Crippen molar-refractivity contribution in [3.8, 4) is 0 Å². The minimum absolute atomic E-state index is 0.534. The summed E-state index contributed by atoms with van der Waals surface area (Å²) in [5.74, 6) is 1.65. The van der Waals surface area contributed by atoms with E-state index in [0.29, 0.717) is 11.5 Å². The molecule has 100 valence electrons. The maximum atomic E-state index is 5.45. The van der Waals surface area contributed by atoms with E-state index in [9.17, 15) is 0 Å². The lowest BCUT2D eigenvalue weighted by molar-refractivity contribution is 0.0537. The van der Waals surface area contributed by atoms with Crippen LogP contribution in [0.1, 0.15) is 53.4 Å². The third-order valence-corrected chi connectivity index (χ3v) is 4.78. The quantitative estimate of drug-likeness (QED) is 0.816. The molecule has 2 nitrogen and oxygen atoms in total. The van der Waals surface area contributed by atoms with Crippen molar-refractivity contribution in [2.45, 2.75) is 65.5 Å². The van der Waals surface area contributed by atoms with Gasteiger partial charge >= 0.3 is 0 Å². The van der Waals surface area contributed by atoms with Gasteiger partial charge in [0.1, 0.15) is 0 Å². The molecule has 0 aromatic heterocycles. The summed E-state index contributed by atoms with van der Waals surface area (Å²) in [6.45, 7) is 11.5. The van der Waals surface area contributed by atoms with Gasteiger partial charge in [-0.05, 0) is 49.9 Å². The summed E-state index contributed by atoms with van der Waals surface area (Å²) in [4.78, 5) is 0. The average Bonchev–Trinajstić information content (AvgIpc) is 2.53. The minimum Gasteiger partial charge on any atom is -0.381 e. The van der Waals surface area contributed by atoms with Crippen LogP contribution in [0.2, 0.25) is 0 Å². The maximum Gasteiger partial charge on any atom is 0.0469 e. The van der Waals surface area contributed by atoms with Crippen LogP contribution in [0.25, 0.3) is 0 Å². The SMILES string of the molecule is CC1CC(C)(C)CC1NC(C)C1CCOCC1. The lowest BCUT2D eigenvalue weighted by atomic mass is 9.90. The second-order valence-electron chi connectivity index (χ2n) is 7.06. The van der Waals surface area contributed by atoms with Gasteiger partial charge in [0, 0.05) is 25.3 Å². The first-order valence-corrected chi connectivity index (χ1v) is 7.32. The van der Waals surface area contributed by atoms with Gasteiger partial charge in [-0.2, -0.15) is 0 Å². The van der Waals surface area contributed by atoms with Crippen molar-refractivity contribution in [1.82, 2.24) is 5.32 Å². The van der Waals surface area contributed by atoms with Crippen LogP contribution in [-0.2, 0) is 4.74 Å². The zero-order valence-electron chi connectivity index (χ0n) is 12.0. The Morgan fingerprint density at radius 2 is 1.82 bits per heavy atom. The van der Waals surface area contributed by atoms with E-state index in [1.165, 1.54) is 25.7 Å². The predicted octanol–water partition coefficient (Wildman–Crippen LogP) is 3.22. The summed E-state index contributed by atoms with van der Waals surface area (Å²) in [7, 11) is 0. The molecule has 2 aliphatic rings. The molecule has 0 aromatic rings. The first-order chi connectivity index (χ1) is 7.98. The molecular formula is C15H29NO. The Morgan fingerprint density at radius 1 is 1.18 bits per heavy atom. The molecule has 1 saturated heterocycles. The van der Waals surface area contributed by atoms with Crippen molar-refractivity contribution in [3.05, 3.63) is 0 Å². The molecule has 0 aromatic carbocycles. The average molecular weight is 239 g/mol. The maximum absolute atomic E-state index is 5.45. The van der Waals surface area contributed by atoms with Crippen LogP contribution in [0.5, 0.6) is 0 Å². The van der Waals surface area contributed by atoms with Gasteiger partial charge in [0.25, 0.3) is 0 Å². The third kappa shape index (κ3) is 3.45. The largest absolute Gasteiger partial charge is 0.381 e. The van der Waals surface area contributed by atoms with Crippen molar-refractivity contribution in [2.75, 3.05) is 13.2 Å². The Balaban J connectivity index is 1.83. The third-order valence-electron chi connectivity index (χ3n) is 4.78. The number of rotatable bonds is 3. The Hall–Kier alpha value is -0.0800. The molecular weight excluding hydrogens is 210 g/mol. The van der Waals surface area contributed by atoms with Gasteiger partial charge < -0.3 is 10.1 Å². The van der Waals surface area contributed by atoms with E-state index in [4.69, 9.17) is 4.74 Å². The second kappa shape index (κ2) is 5.27. The van der Waals surface area contributed by atoms with Crippen molar-refractivity contribution in [1.29, 1.82) is 0 Å². The topological polar surface area (TPSA) is 21.3 Å². The van der Waals surface area contributed by atoms with Crippen LogP contribution in [0.4, 0.5) is 0 Å². The molecule has 1 heterocycles. The fourth-order valence-electron chi connectivity index (χ4n) is 3.81. The molecule has 1 saturated carbocycles. The highest BCUT2D eigenvalue weighted by Gasteiger charge is 2.37. The predicted molar refractivity (Wildman–Crippen MR) is 72.1 cm³/mol. The summed E-state index contributed by atoms with van der Waals surface area (Å²) >= 11 is 0. The molecule has 3 atom stereocenters. The minimum atomic E-state index is 0.534. The summed E-state index contributed by atoms with van der Waals surface area (Å²) in [6.07, 6.45) is 5.17. The summed E-state index contributed by atoms with van der Waals surface area (Å²) in [6, 6.07) is 1.38. The number of ether oxygens (including phenoxy) is 1. The lowest BCUT2D eigenvalue weighted by Crippen LogP contribution is -2.44. The van der Waals surface area contributed by atoms with Gasteiger partial charge in [0.2, 0.25) is 0 Å². The molecule has 0 radical (unpaired) electrons. The molecule has 1 aliphatic heterocycles. The van der Waals surface area contributed by atoms with E-state index in [0.717, 1.165) is 31.1 Å². The zero-order chi connectivity index (χ0) is 12.5. The first kappa shape index (κ1) is 13.4. The van der Waals surface area contributed by atoms with E-state index < -0.39 is 0 Å². The molecule has 0 spiro atoms. The fraction of sp³-hybridized carbons (Fsp3) is 1.00. The van der Waals surface area contributed by atoms with Gasteiger partial charge in [-0.15, -0.1) is 0 Å². The Bertz CT molecular complexity index is 245. The first-order valence-electron chi connectivity index (χ1n) is 7.32. The second-order valence-corrected chi connectivity index (χ2v) is 7.06. The van der Waals surface area contributed by atoms with E-state index in [2.05, 4.69) is 33.0 Å². The highest BCUT2D eigenvalue weighted by Crippen LogP contribution is 2.41. The fourth-order valence-corrected chi connectivity index (χ4v) is 3.81. The number of hydrogen-bond acceptors (Lipinski definition) is 2. The number of nitrogens with one attached hydrogen (secondary N) is 1. The molecule has 17 heavy (non-hydrogen) atoms. The monoisotopic (exact) mass is 239 g/mol. The highest BCUT2D eigenvalue weighted by atomic mass is 16.5. The highest BCUT2D eigenvalue weighted by molar-refractivity contribution is 4.93. The summed E-state index contributed by atoms with van der Waals surface area (Å²) in [5.41, 5.74) is 0.534. The standard InChI is InChI=1S/C15H29NO/c1-11-9-15(3,4)10-14(11)16-12(2)13-5-7-17-8-6-13/h11-14,16H,5-10H2,1-4H3. The lowest BCUT2D eigenvalue weighted by Gasteiger charge is -2.32. The molecule has 0 amide bonds. The summed E-state index contributed by atoms with van der Waals surface area (Å²) < 4.78 is 5.45. The van der Waals surface area contributed by atoms with Crippen LogP contribution >= 0.6 is 0 Å². The normalized spacial score (nSPS) is 36.0. The molecule has 1 aliphatic carbocycles. The van der Waals surface area contributed by atoms with Gasteiger partial charge in [0.05, 0.1) is 0 Å². The smallest absolute Gasteiger partial charge is 0.0469 e. The molecule has 2 heteroatoms.